The molecule has 9 heteroatoms. The number of hydrogen-bond acceptors (Lipinski definition) is 5. The highest BCUT2D eigenvalue weighted by Gasteiger charge is 2.29. The Kier molecular flexibility index (Phi) is 7.62. The van der Waals surface area contributed by atoms with Crippen molar-refractivity contribution in [3.05, 3.63) is 29.8 Å². The Morgan fingerprint density at radius 3 is 2.42 bits per heavy atom. The van der Waals surface area contributed by atoms with Crippen molar-refractivity contribution in [2.24, 2.45) is 5.73 Å². The number of halogens is 1. The van der Waals surface area contributed by atoms with Gasteiger partial charge in [0.2, 0.25) is 15.9 Å². The first kappa shape index (κ1) is 20.9. The van der Waals surface area contributed by atoms with Crippen LogP contribution < -0.4 is 11.1 Å². The van der Waals surface area contributed by atoms with Crippen LogP contribution >= 0.6 is 12.4 Å². The lowest BCUT2D eigenvalue weighted by Gasteiger charge is -2.32. The summed E-state index contributed by atoms with van der Waals surface area (Å²) in [7, 11) is -1.59. The molecule has 1 heterocycles. The van der Waals surface area contributed by atoms with Gasteiger partial charge >= 0.3 is 0 Å². The van der Waals surface area contributed by atoms with Gasteiger partial charge in [0.05, 0.1) is 10.9 Å². The fourth-order valence-corrected chi connectivity index (χ4v) is 4.06. The molecule has 1 aromatic rings. The first-order chi connectivity index (χ1) is 10.8. The van der Waals surface area contributed by atoms with Gasteiger partial charge in [-0.2, -0.15) is 4.31 Å². The van der Waals surface area contributed by atoms with Crippen LogP contribution in [0.1, 0.15) is 12.5 Å². The summed E-state index contributed by atoms with van der Waals surface area (Å²) in [6.45, 7) is 4.09. The zero-order chi connectivity index (χ0) is 17.0. The molecule has 1 aliphatic heterocycles. The molecule has 0 aliphatic carbocycles. The van der Waals surface area contributed by atoms with Gasteiger partial charge in [-0.25, -0.2) is 8.42 Å². The summed E-state index contributed by atoms with van der Waals surface area (Å²) in [6.07, 6.45) is 0. The second-order valence-electron chi connectivity index (χ2n) is 5.82. The molecule has 0 spiro atoms. The first-order valence-electron chi connectivity index (χ1n) is 7.62. The molecule has 7 nitrogen and oxygen atoms in total. The molecule has 1 amide bonds. The van der Waals surface area contributed by atoms with Gasteiger partial charge in [0.25, 0.3) is 0 Å². The van der Waals surface area contributed by atoms with E-state index in [1.54, 1.807) is 31.2 Å². The molecule has 1 unspecified atom stereocenters. The lowest BCUT2D eigenvalue weighted by Crippen LogP contribution is -2.47. The number of carbonyl (C=O) groups excluding carboxylic acids is 1. The number of hydrogen-bond donors (Lipinski definition) is 2. The van der Waals surface area contributed by atoms with Crippen LogP contribution in [0.5, 0.6) is 0 Å². The molecule has 1 aliphatic rings. The van der Waals surface area contributed by atoms with Crippen LogP contribution in [0.15, 0.2) is 29.2 Å². The van der Waals surface area contributed by atoms with Crippen molar-refractivity contribution in [3.63, 3.8) is 0 Å². The van der Waals surface area contributed by atoms with Gasteiger partial charge in [-0.05, 0) is 25.6 Å². The van der Waals surface area contributed by atoms with Crippen molar-refractivity contribution in [3.8, 4) is 0 Å². The van der Waals surface area contributed by atoms with Crippen LogP contribution in [-0.2, 0) is 21.4 Å². The van der Waals surface area contributed by atoms with E-state index >= 15 is 0 Å². The number of carbonyl (C=O) groups is 1. The summed E-state index contributed by atoms with van der Waals surface area (Å²) in [6, 6.07) is 6.12. The number of likely N-dealkylation sites (N-methyl/N-ethyl adjacent to an activating group) is 1. The maximum Gasteiger partial charge on any atom is 0.243 e. The van der Waals surface area contributed by atoms with Crippen LogP contribution in [0.4, 0.5) is 0 Å². The second-order valence-corrected chi connectivity index (χ2v) is 7.73. The molecular weight excluding hydrogens is 352 g/mol. The second kappa shape index (κ2) is 8.77. The van der Waals surface area contributed by atoms with Gasteiger partial charge in [0.15, 0.2) is 0 Å². The SMILES string of the molecule is CC(N)C(=O)NCc1ccccc1S(=O)(=O)N1CCN(C)CC1.Cl. The van der Waals surface area contributed by atoms with Crippen LogP contribution in [-0.4, -0.2) is 62.8 Å². The van der Waals surface area contributed by atoms with Gasteiger partial charge in [-0.3, -0.25) is 4.79 Å². The maximum absolute atomic E-state index is 12.9. The Hall–Kier alpha value is -1.19. The predicted molar refractivity (Wildman–Crippen MR) is 95.4 cm³/mol. The first-order valence-corrected chi connectivity index (χ1v) is 9.06. The minimum absolute atomic E-state index is 0. The monoisotopic (exact) mass is 376 g/mol. The van der Waals surface area contributed by atoms with Crippen LogP contribution in [0.2, 0.25) is 0 Å². The topological polar surface area (TPSA) is 95.7 Å². The molecule has 2 rings (SSSR count). The Labute approximate surface area is 149 Å². The number of nitrogens with one attached hydrogen (secondary N) is 1. The fourth-order valence-electron chi connectivity index (χ4n) is 2.41. The average Bonchev–Trinajstić information content (AvgIpc) is 2.53. The van der Waals surface area contributed by atoms with Crippen LogP contribution in [0.3, 0.4) is 0 Å². The van der Waals surface area contributed by atoms with Crippen molar-refractivity contribution in [1.82, 2.24) is 14.5 Å². The Balaban J connectivity index is 0.00000288. The molecule has 0 aromatic heterocycles. The molecule has 0 bridgehead atoms. The minimum atomic E-state index is -3.56. The summed E-state index contributed by atoms with van der Waals surface area (Å²) in [4.78, 5) is 14.0. The van der Waals surface area contributed by atoms with Gasteiger partial charge < -0.3 is 16.0 Å². The van der Waals surface area contributed by atoms with E-state index in [9.17, 15) is 13.2 Å². The zero-order valence-corrected chi connectivity index (χ0v) is 15.6. The van der Waals surface area contributed by atoms with Crippen molar-refractivity contribution < 1.29 is 13.2 Å². The van der Waals surface area contributed by atoms with E-state index in [-0.39, 0.29) is 29.8 Å². The lowest BCUT2D eigenvalue weighted by atomic mass is 10.2. The highest BCUT2D eigenvalue weighted by Crippen LogP contribution is 2.21. The highest BCUT2D eigenvalue weighted by molar-refractivity contribution is 7.89. The van der Waals surface area contributed by atoms with E-state index in [4.69, 9.17) is 5.73 Å². The van der Waals surface area contributed by atoms with Crippen molar-refractivity contribution in [2.75, 3.05) is 33.2 Å². The quantitative estimate of drug-likeness (QED) is 0.754. The van der Waals surface area contributed by atoms with Gasteiger partial charge in [0.1, 0.15) is 0 Å². The lowest BCUT2D eigenvalue weighted by molar-refractivity contribution is -0.122. The largest absolute Gasteiger partial charge is 0.351 e. The summed E-state index contributed by atoms with van der Waals surface area (Å²) in [5, 5.41) is 2.67. The average molecular weight is 377 g/mol. The van der Waals surface area contributed by atoms with E-state index in [1.165, 1.54) is 4.31 Å². The molecule has 1 atom stereocenters. The number of sulfonamides is 1. The van der Waals surface area contributed by atoms with E-state index in [0.29, 0.717) is 31.7 Å². The normalized spacial score (nSPS) is 17.8. The maximum atomic E-state index is 12.9. The summed E-state index contributed by atoms with van der Waals surface area (Å²) >= 11 is 0. The molecule has 3 N–H and O–H groups in total. The minimum Gasteiger partial charge on any atom is -0.351 e. The van der Waals surface area contributed by atoms with Crippen LogP contribution in [0, 0.1) is 0 Å². The number of amides is 1. The molecule has 1 aromatic carbocycles. The number of piperazine rings is 1. The molecule has 1 saturated heterocycles. The van der Waals surface area contributed by atoms with E-state index in [2.05, 4.69) is 10.2 Å². The van der Waals surface area contributed by atoms with Gasteiger partial charge in [-0.1, -0.05) is 18.2 Å². The van der Waals surface area contributed by atoms with E-state index < -0.39 is 16.1 Å². The molecular formula is C15H25ClN4O3S. The van der Waals surface area contributed by atoms with Crippen molar-refractivity contribution >= 4 is 28.3 Å². The van der Waals surface area contributed by atoms with Crippen LogP contribution in [0.25, 0.3) is 0 Å². The number of rotatable bonds is 5. The highest BCUT2D eigenvalue weighted by atomic mass is 35.5. The predicted octanol–water partition coefficient (Wildman–Crippen LogP) is 0.00790. The smallest absolute Gasteiger partial charge is 0.243 e. The van der Waals surface area contributed by atoms with E-state index in [0.717, 1.165) is 0 Å². The molecule has 0 radical (unpaired) electrons. The summed E-state index contributed by atoms with van der Waals surface area (Å²) in [5.74, 6) is -0.309. The number of nitrogens with zero attached hydrogens (tertiary/aromatic N) is 2. The third-order valence-electron chi connectivity index (χ3n) is 3.92. The van der Waals surface area contributed by atoms with Crippen molar-refractivity contribution in [1.29, 1.82) is 0 Å². The standard InChI is InChI=1S/C15H24N4O3S.ClH/c1-12(16)15(20)17-11-13-5-3-4-6-14(13)23(21,22)19-9-7-18(2)8-10-19;/h3-6,12H,7-11,16H2,1-2H3,(H,17,20);1H. The number of benzene rings is 1. The zero-order valence-electron chi connectivity index (χ0n) is 13.9. The molecule has 0 saturated carbocycles. The van der Waals surface area contributed by atoms with E-state index in [1.807, 2.05) is 7.05 Å². The third-order valence-corrected chi connectivity index (χ3v) is 5.92. The van der Waals surface area contributed by atoms with Gasteiger partial charge in [0, 0.05) is 32.7 Å². The summed E-state index contributed by atoms with van der Waals surface area (Å²) < 4.78 is 27.2. The molecule has 1 fully saturated rings. The Morgan fingerprint density at radius 2 is 1.83 bits per heavy atom. The van der Waals surface area contributed by atoms with Gasteiger partial charge in [-0.15, -0.1) is 12.4 Å². The molecule has 24 heavy (non-hydrogen) atoms. The molecule has 136 valence electrons. The number of nitrogens with two attached hydrogens (primary N) is 1. The Bertz CT molecular complexity index is 658. The fraction of sp³-hybridized carbons (Fsp3) is 0.533. The van der Waals surface area contributed by atoms with Crippen molar-refractivity contribution in [2.45, 2.75) is 24.4 Å². The third kappa shape index (κ3) is 4.90. The summed E-state index contributed by atoms with van der Waals surface area (Å²) in [5.41, 5.74) is 6.08. The Morgan fingerprint density at radius 1 is 1.25 bits per heavy atom.